The van der Waals surface area contributed by atoms with Gasteiger partial charge in [0.15, 0.2) is 11.6 Å². The molecule has 1 unspecified atom stereocenters. The van der Waals surface area contributed by atoms with Crippen LogP contribution in [0.2, 0.25) is 0 Å². The highest BCUT2D eigenvalue weighted by Gasteiger charge is 2.48. The fourth-order valence-corrected chi connectivity index (χ4v) is 5.76. The number of amides is 1. The fraction of sp³-hybridized carbons (Fsp3) is 0.571. The van der Waals surface area contributed by atoms with Crippen LogP contribution in [0.1, 0.15) is 49.2 Å². The van der Waals surface area contributed by atoms with E-state index in [4.69, 9.17) is 4.74 Å². The second-order valence-corrected chi connectivity index (χ2v) is 9.70. The van der Waals surface area contributed by atoms with E-state index in [1.807, 2.05) is 6.07 Å². The molecule has 6 heteroatoms. The molecule has 3 aliphatic heterocycles. The zero-order valence-corrected chi connectivity index (χ0v) is 16.6. The Morgan fingerprint density at radius 1 is 1.26 bits per heavy atom. The molecule has 27 heavy (non-hydrogen) atoms. The molecule has 1 N–H and O–H groups in total. The van der Waals surface area contributed by atoms with Gasteiger partial charge in [-0.15, -0.1) is 11.3 Å². The van der Waals surface area contributed by atoms with Crippen LogP contribution in [0.3, 0.4) is 0 Å². The summed E-state index contributed by atoms with van der Waals surface area (Å²) in [5.74, 6) is 0.444. The van der Waals surface area contributed by atoms with Gasteiger partial charge in [-0.2, -0.15) is 0 Å². The first-order valence-electron chi connectivity index (χ1n) is 9.88. The quantitative estimate of drug-likeness (QED) is 0.854. The van der Waals surface area contributed by atoms with E-state index >= 15 is 0 Å². The van der Waals surface area contributed by atoms with Crippen LogP contribution in [-0.2, 0) is 0 Å². The molecular weight excluding hydrogens is 363 g/mol. The number of benzene rings is 1. The van der Waals surface area contributed by atoms with Gasteiger partial charge in [-0.1, -0.05) is 6.07 Å². The van der Waals surface area contributed by atoms with Crippen LogP contribution in [0.25, 0.3) is 10.1 Å². The number of fused-ring (bicyclic) bond motifs is 4. The Labute approximate surface area is 162 Å². The van der Waals surface area contributed by atoms with Crippen LogP contribution in [0.4, 0.5) is 4.39 Å². The first-order valence-corrected chi connectivity index (χ1v) is 10.7. The van der Waals surface area contributed by atoms with Gasteiger partial charge in [0.2, 0.25) is 0 Å². The van der Waals surface area contributed by atoms with Crippen molar-refractivity contribution in [1.82, 2.24) is 10.2 Å². The predicted octanol–water partition coefficient (Wildman–Crippen LogP) is 4.18. The summed E-state index contributed by atoms with van der Waals surface area (Å²) >= 11 is 1.33. The largest absolute Gasteiger partial charge is 0.486 e. The number of nitrogens with zero attached hydrogens (tertiary/aromatic N) is 1. The van der Waals surface area contributed by atoms with Crippen LogP contribution < -0.4 is 10.1 Å². The highest BCUT2D eigenvalue weighted by molar-refractivity contribution is 7.21. The number of rotatable bonds is 4. The van der Waals surface area contributed by atoms with Crippen molar-refractivity contribution in [2.24, 2.45) is 5.92 Å². The normalized spacial score (nSPS) is 29.1. The number of carbonyl (C=O) groups excluding carboxylic acids is 1. The van der Waals surface area contributed by atoms with Gasteiger partial charge in [0.25, 0.3) is 5.91 Å². The fourth-order valence-electron chi connectivity index (χ4n) is 4.72. The molecular formula is C21H25FN2O2S. The van der Waals surface area contributed by atoms with Gasteiger partial charge >= 0.3 is 0 Å². The Morgan fingerprint density at radius 3 is 2.67 bits per heavy atom. The molecule has 0 spiro atoms. The number of thiophene rings is 1. The Kier molecular flexibility index (Phi) is 3.99. The molecule has 4 heterocycles. The number of carbonyl (C=O) groups is 1. The monoisotopic (exact) mass is 388 g/mol. The maximum Gasteiger partial charge on any atom is 0.261 e. The summed E-state index contributed by atoms with van der Waals surface area (Å²) in [6.07, 6.45) is 4.36. The van der Waals surface area contributed by atoms with E-state index in [9.17, 15) is 9.18 Å². The van der Waals surface area contributed by atoms with Gasteiger partial charge in [0.05, 0.1) is 15.7 Å². The Hall–Kier alpha value is -1.66. The zero-order valence-electron chi connectivity index (χ0n) is 15.8. The molecule has 2 aromatic rings. The molecule has 0 radical (unpaired) electrons. The molecule has 6 rings (SSSR count). The van der Waals surface area contributed by atoms with Crippen LogP contribution in [0, 0.1) is 11.7 Å². The zero-order chi connectivity index (χ0) is 18.8. The van der Waals surface area contributed by atoms with Crippen LogP contribution in [-0.4, -0.2) is 41.6 Å². The molecule has 1 aromatic heterocycles. The molecule has 4 fully saturated rings. The van der Waals surface area contributed by atoms with Crippen molar-refractivity contribution in [3.8, 4) is 5.75 Å². The highest BCUT2D eigenvalue weighted by atomic mass is 32.1. The summed E-state index contributed by atoms with van der Waals surface area (Å²) in [6, 6.07) is 5.18. The topological polar surface area (TPSA) is 41.6 Å². The summed E-state index contributed by atoms with van der Waals surface area (Å²) < 4.78 is 20.8. The molecule has 4 aliphatic rings. The average Bonchev–Trinajstić information content (AvgIpc) is 3.36. The van der Waals surface area contributed by atoms with Gasteiger partial charge in [-0.05, 0) is 76.1 Å². The number of halogens is 1. The number of hydrogen-bond acceptors (Lipinski definition) is 4. The van der Waals surface area contributed by atoms with Gasteiger partial charge < -0.3 is 10.1 Å². The maximum atomic E-state index is 14.3. The lowest BCUT2D eigenvalue weighted by Gasteiger charge is -2.56. The molecule has 3 saturated heterocycles. The number of hydrogen-bond donors (Lipinski definition) is 1. The van der Waals surface area contributed by atoms with E-state index in [1.54, 1.807) is 6.07 Å². The van der Waals surface area contributed by atoms with Crippen LogP contribution in [0.15, 0.2) is 18.2 Å². The summed E-state index contributed by atoms with van der Waals surface area (Å²) in [7, 11) is 0. The van der Waals surface area contributed by atoms with E-state index < -0.39 is 0 Å². The van der Waals surface area contributed by atoms with Gasteiger partial charge in [-0.25, -0.2) is 4.39 Å². The van der Waals surface area contributed by atoms with Gasteiger partial charge in [0, 0.05) is 11.6 Å². The van der Waals surface area contributed by atoms with Crippen molar-refractivity contribution >= 4 is 27.3 Å². The molecule has 4 nitrogen and oxygen atoms in total. The number of nitrogens with one attached hydrogen (secondary N) is 1. The summed E-state index contributed by atoms with van der Waals surface area (Å²) in [6.45, 7) is 6.69. The van der Waals surface area contributed by atoms with Crippen molar-refractivity contribution in [3.05, 3.63) is 28.9 Å². The summed E-state index contributed by atoms with van der Waals surface area (Å²) in [4.78, 5) is 16.1. The SMILES string of the molecule is CC1(C)C(NC(=O)c2cc3ccc(F)c(OC4CC4)c3s2)C2CCN1CC2. The molecule has 1 aliphatic carbocycles. The number of piperidine rings is 3. The lowest BCUT2D eigenvalue weighted by molar-refractivity contribution is -0.0377. The van der Waals surface area contributed by atoms with Crippen LogP contribution in [0.5, 0.6) is 5.75 Å². The molecule has 2 bridgehead atoms. The Balaban J connectivity index is 1.42. The minimum absolute atomic E-state index is 0.0279. The van der Waals surface area contributed by atoms with E-state index in [0.717, 1.165) is 48.9 Å². The first kappa shape index (κ1) is 17.4. The molecule has 144 valence electrons. The highest BCUT2D eigenvalue weighted by Crippen LogP contribution is 2.41. The maximum absolute atomic E-state index is 14.3. The van der Waals surface area contributed by atoms with E-state index in [-0.39, 0.29) is 29.4 Å². The van der Waals surface area contributed by atoms with Gasteiger partial charge in [0.1, 0.15) is 0 Å². The lowest BCUT2D eigenvalue weighted by Crippen LogP contribution is -2.69. The lowest BCUT2D eigenvalue weighted by atomic mass is 9.72. The van der Waals surface area contributed by atoms with Gasteiger partial charge in [-0.3, -0.25) is 9.69 Å². The minimum Gasteiger partial charge on any atom is -0.486 e. The van der Waals surface area contributed by atoms with Crippen molar-refractivity contribution < 1.29 is 13.9 Å². The first-order chi connectivity index (χ1) is 12.9. The molecule has 1 atom stereocenters. The second-order valence-electron chi connectivity index (χ2n) is 8.65. The third-order valence-corrected chi connectivity index (χ3v) is 7.65. The average molecular weight is 389 g/mol. The molecule has 1 aromatic carbocycles. The standard InChI is InChI=1S/C21H25FN2O2S/c1-21(2)19(12-7-9-24(21)10-8-12)23-20(25)16-11-13-3-6-15(22)17(18(13)27-16)26-14-4-5-14/h3,6,11-12,14,19H,4-5,7-10H2,1-2H3,(H,23,25). The Morgan fingerprint density at radius 2 is 2.00 bits per heavy atom. The van der Waals surface area contributed by atoms with E-state index in [2.05, 4.69) is 24.1 Å². The van der Waals surface area contributed by atoms with Crippen molar-refractivity contribution in [2.75, 3.05) is 13.1 Å². The minimum atomic E-state index is -0.346. The second kappa shape index (κ2) is 6.17. The van der Waals surface area contributed by atoms with Crippen molar-refractivity contribution in [3.63, 3.8) is 0 Å². The smallest absolute Gasteiger partial charge is 0.261 e. The third kappa shape index (κ3) is 2.93. The van der Waals surface area contributed by atoms with E-state index in [0.29, 0.717) is 16.5 Å². The number of ether oxygens (including phenoxy) is 1. The summed E-state index contributed by atoms with van der Waals surface area (Å²) in [5.41, 5.74) is -0.0279. The van der Waals surface area contributed by atoms with Crippen molar-refractivity contribution in [2.45, 2.75) is 57.2 Å². The predicted molar refractivity (Wildman–Crippen MR) is 105 cm³/mol. The molecule has 1 saturated carbocycles. The van der Waals surface area contributed by atoms with E-state index in [1.165, 1.54) is 17.4 Å². The summed E-state index contributed by atoms with van der Waals surface area (Å²) in [5, 5.41) is 4.17. The van der Waals surface area contributed by atoms with Crippen LogP contribution >= 0.6 is 11.3 Å². The molecule has 1 amide bonds. The Bertz CT molecular complexity index is 897. The van der Waals surface area contributed by atoms with Crippen molar-refractivity contribution in [1.29, 1.82) is 0 Å². The third-order valence-electron chi connectivity index (χ3n) is 6.50.